The van der Waals surface area contributed by atoms with E-state index < -0.39 is 0 Å². The summed E-state index contributed by atoms with van der Waals surface area (Å²) in [6.45, 7) is 1.37. The second kappa shape index (κ2) is 9.02. The summed E-state index contributed by atoms with van der Waals surface area (Å²) >= 11 is 2.77. The number of aromatic nitrogens is 2. The molecule has 0 saturated carbocycles. The lowest BCUT2D eigenvalue weighted by Crippen LogP contribution is -2.32. The van der Waals surface area contributed by atoms with Crippen molar-refractivity contribution in [3.05, 3.63) is 24.3 Å². The maximum atomic E-state index is 11.9. The molecule has 1 unspecified atom stereocenters. The number of nitrogens with zero attached hydrogens (tertiary/aromatic N) is 2. The monoisotopic (exact) mass is 380 g/mol. The SMILES string of the molecule is COc1ccccc1Nc1nnc(SCC(=O)NCC2CCCO2)s1. The maximum absolute atomic E-state index is 11.9. The molecule has 25 heavy (non-hydrogen) atoms. The molecule has 2 N–H and O–H groups in total. The molecule has 2 aromatic rings. The van der Waals surface area contributed by atoms with Gasteiger partial charge in [0.2, 0.25) is 11.0 Å². The van der Waals surface area contributed by atoms with E-state index in [0.717, 1.165) is 35.2 Å². The Morgan fingerprint density at radius 1 is 1.44 bits per heavy atom. The lowest BCUT2D eigenvalue weighted by atomic mass is 10.2. The molecule has 9 heteroatoms. The summed E-state index contributed by atoms with van der Waals surface area (Å²) in [5.41, 5.74) is 0.826. The van der Waals surface area contributed by atoms with Gasteiger partial charge in [0.1, 0.15) is 5.75 Å². The highest BCUT2D eigenvalue weighted by molar-refractivity contribution is 8.01. The first-order valence-electron chi connectivity index (χ1n) is 7.99. The standard InChI is InChI=1S/C16H20N4O3S2/c1-22-13-7-3-2-6-12(13)18-15-19-20-16(25-15)24-10-14(21)17-9-11-5-4-8-23-11/h2-3,6-7,11H,4-5,8-10H2,1H3,(H,17,21)(H,18,19). The largest absolute Gasteiger partial charge is 0.495 e. The van der Waals surface area contributed by atoms with E-state index in [9.17, 15) is 4.79 Å². The van der Waals surface area contributed by atoms with Crippen molar-refractivity contribution in [2.24, 2.45) is 0 Å². The van der Waals surface area contributed by atoms with E-state index in [2.05, 4.69) is 20.8 Å². The Morgan fingerprint density at radius 2 is 2.32 bits per heavy atom. The van der Waals surface area contributed by atoms with Gasteiger partial charge in [-0.3, -0.25) is 4.79 Å². The van der Waals surface area contributed by atoms with Crippen molar-refractivity contribution in [3.8, 4) is 5.75 Å². The fourth-order valence-corrected chi connectivity index (χ4v) is 3.99. The zero-order valence-electron chi connectivity index (χ0n) is 13.9. The fraction of sp³-hybridized carbons (Fsp3) is 0.438. The first kappa shape index (κ1) is 18.0. The Kier molecular flexibility index (Phi) is 6.48. The number of anilines is 2. The number of thioether (sulfide) groups is 1. The highest BCUT2D eigenvalue weighted by Crippen LogP contribution is 2.31. The van der Waals surface area contributed by atoms with Crippen LogP contribution in [0.25, 0.3) is 0 Å². The van der Waals surface area contributed by atoms with Crippen LogP contribution in [0.4, 0.5) is 10.8 Å². The van der Waals surface area contributed by atoms with Crippen molar-refractivity contribution in [3.63, 3.8) is 0 Å². The van der Waals surface area contributed by atoms with E-state index in [0.29, 0.717) is 17.4 Å². The average Bonchev–Trinajstić information content (AvgIpc) is 3.30. The molecule has 1 fully saturated rings. The van der Waals surface area contributed by atoms with Gasteiger partial charge < -0.3 is 20.1 Å². The predicted octanol–water partition coefficient (Wildman–Crippen LogP) is 2.68. The van der Waals surface area contributed by atoms with Gasteiger partial charge in [-0.15, -0.1) is 10.2 Å². The van der Waals surface area contributed by atoms with Crippen LogP contribution in [0.5, 0.6) is 5.75 Å². The van der Waals surface area contributed by atoms with Gasteiger partial charge in [0.25, 0.3) is 0 Å². The summed E-state index contributed by atoms with van der Waals surface area (Å²) in [5.74, 6) is 1.03. The summed E-state index contributed by atoms with van der Waals surface area (Å²) in [4.78, 5) is 11.9. The Balaban J connectivity index is 1.45. The number of amides is 1. The topological polar surface area (TPSA) is 85.4 Å². The number of nitrogens with one attached hydrogen (secondary N) is 2. The van der Waals surface area contributed by atoms with Crippen molar-refractivity contribution in [1.29, 1.82) is 0 Å². The van der Waals surface area contributed by atoms with E-state index in [1.165, 1.54) is 23.1 Å². The van der Waals surface area contributed by atoms with Crippen molar-refractivity contribution in [2.45, 2.75) is 23.3 Å². The van der Waals surface area contributed by atoms with E-state index in [-0.39, 0.29) is 12.0 Å². The van der Waals surface area contributed by atoms with Crippen LogP contribution in [0.2, 0.25) is 0 Å². The predicted molar refractivity (Wildman–Crippen MR) is 98.9 cm³/mol. The zero-order chi connectivity index (χ0) is 17.5. The Morgan fingerprint density at radius 3 is 3.12 bits per heavy atom. The Hall–Kier alpha value is -1.84. The van der Waals surface area contributed by atoms with Crippen molar-refractivity contribution in [2.75, 3.05) is 31.3 Å². The second-order valence-electron chi connectivity index (χ2n) is 5.43. The van der Waals surface area contributed by atoms with Crippen LogP contribution >= 0.6 is 23.1 Å². The maximum Gasteiger partial charge on any atom is 0.230 e. The highest BCUT2D eigenvalue weighted by Gasteiger charge is 2.16. The number of ether oxygens (including phenoxy) is 2. The zero-order valence-corrected chi connectivity index (χ0v) is 15.5. The molecule has 1 aromatic heterocycles. The van der Waals surface area contributed by atoms with E-state index in [1.54, 1.807) is 7.11 Å². The van der Waals surface area contributed by atoms with Gasteiger partial charge in [-0.1, -0.05) is 35.2 Å². The number of para-hydroxylation sites is 2. The summed E-state index contributed by atoms with van der Waals surface area (Å²) in [7, 11) is 1.62. The molecule has 1 aliphatic rings. The van der Waals surface area contributed by atoms with Gasteiger partial charge >= 0.3 is 0 Å². The van der Waals surface area contributed by atoms with Crippen molar-refractivity contribution in [1.82, 2.24) is 15.5 Å². The van der Waals surface area contributed by atoms with Gasteiger partial charge in [0.15, 0.2) is 4.34 Å². The number of hydrogen-bond acceptors (Lipinski definition) is 8. The number of carbonyl (C=O) groups excluding carboxylic acids is 1. The van der Waals surface area contributed by atoms with Gasteiger partial charge in [-0.05, 0) is 25.0 Å². The molecule has 2 heterocycles. The number of rotatable bonds is 8. The first-order chi connectivity index (χ1) is 12.2. The van der Waals surface area contributed by atoms with Crippen LogP contribution < -0.4 is 15.4 Å². The number of hydrogen-bond donors (Lipinski definition) is 2. The number of benzene rings is 1. The van der Waals surface area contributed by atoms with Gasteiger partial charge in [-0.25, -0.2) is 0 Å². The molecule has 0 bridgehead atoms. The van der Waals surface area contributed by atoms with E-state index >= 15 is 0 Å². The third kappa shape index (κ3) is 5.32. The lowest BCUT2D eigenvalue weighted by Gasteiger charge is -2.09. The van der Waals surface area contributed by atoms with E-state index in [4.69, 9.17) is 9.47 Å². The van der Waals surface area contributed by atoms with Gasteiger partial charge in [-0.2, -0.15) is 0 Å². The molecule has 1 aliphatic heterocycles. The molecule has 1 saturated heterocycles. The fourth-order valence-electron chi connectivity index (χ4n) is 2.39. The van der Waals surface area contributed by atoms with Gasteiger partial charge in [0.05, 0.1) is 24.7 Å². The first-order valence-corrected chi connectivity index (χ1v) is 9.79. The molecular weight excluding hydrogens is 360 g/mol. The third-order valence-corrected chi connectivity index (χ3v) is 5.60. The molecular formula is C16H20N4O3S2. The van der Waals surface area contributed by atoms with Crippen LogP contribution in [0.15, 0.2) is 28.6 Å². The minimum atomic E-state index is -0.0186. The molecule has 0 radical (unpaired) electrons. The molecule has 0 aliphatic carbocycles. The average molecular weight is 380 g/mol. The minimum Gasteiger partial charge on any atom is -0.495 e. The molecule has 0 spiro atoms. The molecule has 3 rings (SSSR count). The van der Waals surface area contributed by atoms with E-state index in [1.807, 2.05) is 24.3 Å². The normalized spacial score (nSPS) is 16.6. The van der Waals surface area contributed by atoms with Crippen LogP contribution in [-0.2, 0) is 9.53 Å². The summed E-state index contributed by atoms with van der Waals surface area (Å²) < 4.78 is 11.5. The summed E-state index contributed by atoms with van der Waals surface area (Å²) in [6, 6.07) is 7.60. The Labute approximate surface area is 154 Å². The van der Waals surface area contributed by atoms with Crippen molar-refractivity contribution >= 4 is 39.8 Å². The van der Waals surface area contributed by atoms with Crippen LogP contribution in [0.3, 0.4) is 0 Å². The van der Waals surface area contributed by atoms with Crippen molar-refractivity contribution < 1.29 is 14.3 Å². The van der Waals surface area contributed by atoms with Crippen LogP contribution in [0.1, 0.15) is 12.8 Å². The molecule has 134 valence electrons. The number of carbonyl (C=O) groups is 1. The molecule has 7 nitrogen and oxygen atoms in total. The second-order valence-corrected chi connectivity index (χ2v) is 7.63. The summed E-state index contributed by atoms with van der Waals surface area (Å²) in [6.07, 6.45) is 2.25. The summed E-state index contributed by atoms with van der Waals surface area (Å²) in [5, 5.41) is 14.9. The number of methoxy groups -OCH3 is 1. The van der Waals surface area contributed by atoms with Crippen LogP contribution in [0, 0.1) is 0 Å². The third-order valence-electron chi connectivity index (χ3n) is 3.63. The minimum absolute atomic E-state index is 0.0186. The lowest BCUT2D eigenvalue weighted by molar-refractivity contribution is -0.119. The van der Waals surface area contributed by atoms with Crippen LogP contribution in [-0.4, -0.2) is 48.2 Å². The highest BCUT2D eigenvalue weighted by atomic mass is 32.2. The quantitative estimate of drug-likeness (QED) is 0.681. The molecule has 1 amide bonds. The Bertz CT molecular complexity index is 704. The van der Waals surface area contributed by atoms with Gasteiger partial charge in [0, 0.05) is 13.2 Å². The smallest absolute Gasteiger partial charge is 0.230 e. The molecule has 1 atom stereocenters. The molecule has 1 aromatic carbocycles.